The average Bonchev–Trinajstić information content (AvgIpc) is 3.32. The molecule has 4 heterocycles. The Morgan fingerprint density at radius 2 is 1.97 bits per heavy atom. The van der Waals surface area contributed by atoms with E-state index in [1.165, 1.54) is 45.3 Å². The average molecular weight is 491 g/mol. The van der Waals surface area contributed by atoms with Crippen LogP contribution in [0.5, 0.6) is 5.75 Å². The Labute approximate surface area is 213 Å². The third-order valence-corrected chi connectivity index (χ3v) is 7.69. The number of carbonyl (C=O) groups excluding carboxylic acids is 1. The molecule has 36 heavy (non-hydrogen) atoms. The molecule has 0 aliphatic carbocycles. The highest BCUT2D eigenvalue weighted by Gasteiger charge is 2.22. The first kappa shape index (κ1) is 24.7. The first-order valence-electron chi connectivity index (χ1n) is 13.3. The fourth-order valence-electron chi connectivity index (χ4n) is 5.56. The number of likely N-dealkylation sites (tertiary alicyclic amines) is 1. The third kappa shape index (κ3) is 5.87. The minimum absolute atomic E-state index is 0.253. The molecular formula is C28H38N6O2. The van der Waals surface area contributed by atoms with Gasteiger partial charge in [0.05, 0.1) is 24.4 Å². The van der Waals surface area contributed by atoms with Crippen LogP contribution in [0.3, 0.4) is 0 Å². The van der Waals surface area contributed by atoms with Gasteiger partial charge in [-0.05, 0) is 89.2 Å². The third-order valence-electron chi connectivity index (χ3n) is 7.69. The van der Waals surface area contributed by atoms with Crippen molar-refractivity contribution in [2.75, 3.05) is 45.2 Å². The lowest BCUT2D eigenvalue weighted by Crippen LogP contribution is -2.35. The maximum Gasteiger partial charge on any atom is 0.274 e. The van der Waals surface area contributed by atoms with Crippen LogP contribution < -0.4 is 15.4 Å². The van der Waals surface area contributed by atoms with Gasteiger partial charge in [-0.25, -0.2) is 4.98 Å². The Balaban J connectivity index is 1.20. The standard InChI is InChI=1S/C28H38N6O2/c1-20-5-3-7-24(30-20)28(35)31-26-17-22-19-34(32-25(22)18-27(26)36-2)23-10-15-33(16-11-23)14-4-6-21-8-12-29-13-9-21/h3,5,7,17-19,21,23,29H,4,6,8-16H2,1-2H3,(H,31,35). The quantitative estimate of drug-likeness (QED) is 0.486. The molecule has 2 fully saturated rings. The lowest BCUT2D eigenvalue weighted by atomic mass is 9.93. The van der Waals surface area contributed by atoms with Crippen LogP contribution in [0.15, 0.2) is 36.5 Å². The van der Waals surface area contributed by atoms with Crippen LogP contribution in [0.25, 0.3) is 10.9 Å². The van der Waals surface area contributed by atoms with E-state index in [1.54, 1.807) is 13.2 Å². The monoisotopic (exact) mass is 490 g/mol. The molecule has 0 saturated carbocycles. The van der Waals surface area contributed by atoms with Crippen molar-refractivity contribution < 1.29 is 9.53 Å². The molecule has 1 aromatic carbocycles. The summed E-state index contributed by atoms with van der Waals surface area (Å²) in [5.41, 5.74) is 2.69. The molecule has 0 spiro atoms. The molecule has 8 nitrogen and oxygen atoms in total. The number of pyridine rings is 1. The van der Waals surface area contributed by atoms with E-state index in [0.29, 0.717) is 23.2 Å². The van der Waals surface area contributed by atoms with E-state index in [0.717, 1.165) is 48.4 Å². The summed E-state index contributed by atoms with van der Waals surface area (Å²) in [5, 5.41) is 12.3. The Hall–Kier alpha value is -2.97. The highest BCUT2D eigenvalue weighted by atomic mass is 16.5. The normalized spacial score (nSPS) is 17.9. The Morgan fingerprint density at radius 1 is 1.17 bits per heavy atom. The number of nitrogens with one attached hydrogen (secondary N) is 2. The zero-order valence-electron chi connectivity index (χ0n) is 21.5. The molecule has 0 bridgehead atoms. The molecule has 3 aromatic rings. The van der Waals surface area contributed by atoms with E-state index in [9.17, 15) is 4.79 Å². The van der Waals surface area contributed by atoms with E-state index >= 15 is 0 Å². The largest absolute Gasteiger partial charge is 0.494 e. The molecular weight excluding hydrogens is 452 g/mol. The van der Waals surface area contributed by atoms with Crippen molar-refractivity contribution in [3.05, 3.63) is 47.9 Å². The summed E-state index contributed by atoms with van der Waals surface area (Å²) in [6.07, 6.45) is 9.69. The van der Waals surface area contributed by atoms with Gasteiger partial charge in [-0.1, -0.05) is 6.07 Å². The van der Waals surface area contributed by atoms with Crippen molar-refractivity contribution in [1.82, 2.24) is 25.0 Å². The minimum Gasteiger partial charge on any atom is -0.494 e. The maximum absolute atomic E-state index is 12.8. The number of nitrogens with zero attached hydrogens (tertiary/aromatic N) is 4. The van der Waals surface area contributed by atoms with Crippen LogP contribution >= 0.6 is 0 Å². The number of amides is 1. The summed E-state index contributed by atoms with van der Waals surface area (Å²) in [6.45, 7) is 7.73. The number of fused-ring (bicyclic) bond motifs is 1. The van der Waals surface area contributed by atoms with Gasteiger partial charge < -0.3 is 20.3 Å². The molecule has 2 aromatic heterocycles. The second-order valence-corrected chi connectivity index (χ2v) is 10.2. The van der Waals surface area contributed by atoms with E-state index in [-0.39, 0.29) is 5.91 Å². The van der Waals surface area contributed by atoms with Gasteiger partial charge in [0.15, 0.2) is 0 Å². The van der Waals surface area contributed by atoms with Gasteiger partial charge >= 0.3 is 0 Å². The molecule has 5 rings (SSSR count). The number of piperidine rings is 2. The van der Waals surface area contributed by atoms with Gasteiger partial charge in [0.25, 0.3) is 5.91 Å². The Bertz CT molecular complexity index is 1180. The van der Waals surface area contributed by atoms with Crippen LogP contribution in [-0.2, 0) is 0 Å². The van der Waals surface area contributed by atoms with Gasteiger partial charge in [-0.15, -0.1) is 0 Å². The predicted molar refractivity (Wildman–Crippen MR) is 143 cm³/mol. The molecule has 0 unspecified atom stereocenters. The van der Waals surface area contributed by atoms with E-state index in [2.05, 4.69) is 31.4 Å². The molecule has 0 atom stereocenters. The molecule has 2 aliphatic heterocycles. The Morgan fingerprint density at radius 3 is 2.72 bits per heavy atom. The number of anilines is 1. The topological polar surface area (TPSA) is 84.3 Å². The van der Waals surface area contributed by atoms with Gasteiger partial charge in [-0.3, -0.25) is 9.48 Å². The van der Waals surface area contributed by atoms with Gasteiger partial charge in [0, 0.05) is 36.4 Å². The second kappa shape index (κ2) is 11.4. The van der Waals surface area contributed by atoms with Crippen LogP contribution in [0.1, 0.15) is 60.7 Å². The Kier molecular flexibility index (Phi) is 7.82. The zero-order chi connectivity index (χ0) is 24.9. The number of aryl methyl sites for hydroxylation is 1. The fourth-order valence-corrected chi connectivity index (χ4v) is 5.56. The van der Waals surface area contributed by atoms with Crippen LogP contribution in [0, 0.1) is 12.8 Å². The molecule has 2 N–H and O–H groups in total. The molecule has 0 radical (unpaired) electrons. The van der Waals surface area contributed by atoms with Gasteiger partial charge in [-0.2, -0.15) is 5.10 Å². The van der Waals surface area contributed by atoms with Crippen LogP contribution in [0.2, 0.25) is 0 Å². The zero-order valence-corrected chi connectivity index (χ0v) is 21.5. The highest BCUT2D eigenvalue weighted by Crippen LogP contribution is 2.32. The number of ether oxygens (including phenoxy) is 1. The van der Waals surface area contributed by atoms with Crippen LogP contribution in [0.4, 0.5) is 5.69 Å². The molecule has 2 aliphatic rings. The predicted octanol–water partition coefficient (Wildman–Crippen LogP) is 4.42. The maximum atomic E-state index is 12.8. The summed E-state index contributed by atoms with van der Waals surface area (Å²) in [4.78, 5) is 19.7. The van der Waals surface area contributed by atoms with Crippen molar-refractivity contribution in [3.63, 3.8) is 0 Å². The van der Waals surface area contributed by atoms with Crippen molar-refractivity contribution in [3.8, 4) is 5.75 Å². The van der Waals surface area contributed by atoms with Crippen LogP contribution in [-0.4, -0.2) is 65.4 Å². The number of aromatic nitrogens is 3. The molecule has 8 heteroatoms. The summed E-state index contributed by atoms with van der Waals surface area (Å²) in [7, 11) is 1.61. The van der Waals surface area contributed by atoms with E-state index in [1.807, 2.05) is 31.2 Å². The van der Waals surface area contributed by atoms with E-state index in [4.69, 9.17) is 9.84 Å². The van der Waals surface area contributed by atoms with Gasteiger partial charge in [0.1, 0.15) is 11.4 Å². The summed E-state index contributed by atoms with van der Waals surface area (Å²) < 4.78 is 7.68. The number of rotatable bonds is 8. The lowest BCUT2D eigenvalue weighted by molar-refractivity contribution is 0.102. The lowest BCUT2D eigenvalue weighted by Gasteiger charge is -2.32. The number of benzene rings is 1. The van der Waals surface area contributed by atoms with Crippen molar-refractivity contribution in [1.29, 1.82) is 0 Å². The highest BCUT2D eigenvalue weighted by molar-refractivity contribution is 6.05. The van der Waals surface area contributed by atoms with Crippen molar-refractivity contribution in [2.24, 2.45) is 5.92 Å². The van der Waals surface area contributed by atoms with Gasteiger partial charge in [0.2, 0.25) is 0 Å². The number of hydrogen-bond donors (Lipinski definition) is 2. The summed E-state index contributed by atoms with van der Waals surface area (Å²) >= 11 is 0. The summed E-state index contributed by atoms with van der Waals surface area (Å²) in [5.74, 6) is 1.26. The van der Waals surface area contributed by atoms with E-state index < -0.39 is 0 Å². The number of carbonyl (C=O) groups is 1. The minimum atomic E-state index is -0.253. The second-order valence-electron chi connectivity index (χ2n) is 10.2. The van der Waals surface area contributed by atoms with Crippen molar-refractivity contribution in [2.45, 2.75) is 51.5 Å². The number of hydrogen-bond acceptors (Lipinski definition) is 6. The smallest absolute Gasteiger partial charge is 0.274 e. The number of methoxy groups -OCH3 is 1. The molecule has 192 valence electrons. The van der Waals surface area contributed by atoms with Crippen molar-refractivity contribution >= 4 is 22.5 Å². The molecule has 1 amide bonds. The SMILES string of the molecule is COc1cc2nn(C3CCN(CCCC4CCNCC4)CC3)cc2cc1NC(=O)c1cccc(C)n1. The first-order chi connectivity index (χ1) is 17.6. The summed E-state index contributed by atoms with van der Waals surface area (Å²) in [6, 6.07) is 9.67. The first-order valence-corrected chi connectivity index (χ1v) is 13.3. The molecule has 2 saturated heterocycles. The fraction of sp³-hybridized carbons (Fsp3) is 0.536.